The zero-order chi connectivity index (χ0) is 26.2. The number of β-amino-alcohol motifs (C(OH)–C–C–N with tert-alkyl or cyclic N) is 2. The molecule has 0 saturated carbocycles. The van der Waals surface area contributed by atoms with Crippen LogP contribution in [0.15, 0.2) is 36.4 Å². The van der Waals surface area contributed by atoms with Crippen LogP contribution in [0.4, 0.5) is 0 Å². The minimum atomic E-state index is -0.536. The van der Waals surface area contributed by atoms with E-state index in [0.29, 0.717) is 24.9 Å². The molecule has 0 radical (unpaired) electrons. The number of aliphatic hydroxyl groups is 2. The highest BCUT2D eigenvalue weighted by Gasteiger charge is 2.21. The van der Waals surface area contributed by atoms with Crippen molar-refractivity contribution in [2.24, 2.45) is 0 Å². The molecule has 6 nitrogen and oxygen atoms in total. The van der Waals surface area contributed by atoms with Gasteiger partial charge < -0.3 is 19.7 Å². The minimum absolute atomic E-state index is 0.286. The third kappa shape index (κ3) is 8.48. The molecule has 2 aromatic carbocycles. The highest BCUT2D eigenvalue weighted by atomic mass is 16.5. The summed E-state index contributed by atoms with van der Waals surface area (Å²) in [5.41, 5.74) is 5.10. The van der Waals surface area contributed by atoms with E-state index in [2.05, 4.69) is 75.6 Å². The Kier molecular flexibility index (Phi) is 10.6. The van der Waals surface area contributed by atoms with E-state index >= 15 is 0 Å². The molecule has 1 heterocycles. The molecule has 0 aliphatic carbocycles. The van der Waals surface area contributed by atoms with Crippen LogP contribution in [0.5, 0.6) is 11.5 Å². The monoisotopic (exact) mass is 498 g/mol. The van der Waals surface area contributed by atoms with Gasteiger partial charge in [-0.15, -0.1) is 0 Å². The SMILES string of the molecule is Cc1cc(OC[C@H](O)CN2CCN(C[C@@H](O)COc3ccc(C(C)C)c(C)c3)CC2)ccc1C(C)C. The van der Waals surface area contributed by atoms with Crippen molar-refractivity contribution in [2.45, 2.75) is 65.6 Å². The fourth-order valence-corrected chi connectivity index (χ4v) is 5.01. The van der Waals surface area contributed by atoms with Crippen molar-refractivity contribution in [3.05, 3.63) is 58.7 Å². The first kappa shape index (κ1) is 28.5. The first-order chi connectivity index (χ1) is 17.1. The van der Waals surface area contributed by atoms with Crippen molar-refractivity contribution < 1.29 is 19.7 Å². The fraction of sp³-hybridized carbons (Fsp3) is 0.600. The van der Waals surface area contributed by atoms with Crippen molar-refractivity contribution in [3.63, 3.8) is 0 Å². The number of rotatable bonds is 12. The molecule has 36 heavy (non-hydrogen) atoms. The quantitative estimate of drug-likeness (QED) is 0.454. The fourth-order valence-electron chi connectivity index (χ4n) is 5.01. The third-order valence-electron chi connectivity index (χ3n) is 7.01. The van der Waals surface area contributed by atoms with Crippen LogP contribution < -0.4 is 9.47 Å². The van der Waals surface area contributed by atoms with Gasteiger partial charge in [-0.1, -0.05) is 39.8 Å². The van der Waals surface area contributed by atoms with Crippen LogP contribution >= 0.6 is 0 Å². The number of piperazine rings is 1. The first-order valence-electron chi connectivity index (χ1n) is 13.4. The molecule has 0 unspecified atom stereocenters. The molecule has 3 rings (SSSR count). The molecular weight excluding hydrogens is 452 g/mol. The lowest BCUT2D eigenvalue weighted by Crippen LogP contribution is -2.51. The second kappa shape index (κ2) is 13.4. The molecule has 200 valence electrons. The number of nitrogens with zero attached hydrogens (tertiary/aromatic N) is 2. The maximum absolute atomic E-state index is 10.5. The van der Waals surface area contributed by atoms with E-state index in [0.717, 1.165) is 37.7 Å². The van der Waals surface area contributed by atoms with E-state index in [-0.39, 0.29) is 13.2 Å². The van der Waals surface area contributed by atoms with Gasteiger partial charge in [-0.2, -0.15) is 0 Å². The Morgan fingerprint density at radius 2 is 1.03 bits per heavy atom. The Labute approximate surface area is 217 Å². The first-order valence-corrected chi connectivity index (χ1v) is 13.4. The largest absolute Gasteiger partial charge is 0.491 e. The summed E-state index contributed by atoms with van der Waals surface area (Å²) < 4.78 is 11.7. The summed E-state index contributed by atoms with van der Waals surface area (Å²) in [6.45, 7) is 18.2. The van der Waals surface area contributed by atoms with Gasteiger partial charge in [-0.25, -0.2) is 0 Å². The minimum Gasteiger partial charge on any atom is -0.491 e. The number of aryl methyl sites for hydroxylation is 2. The number of ether oxygens (including phenoxy) is 2. The highest BCUT2D eigenvalue weighted by molar-refractivity contribution is 5.37. The summed E-state index contributed by atoms with van der Waals surface area (Å²) in [6.07, 6.45) is -1.07. The van der Waals surface area contributed by atoms with Crippen LogP contribution in [-0.4, -0.2) is 84.7 Å². The van der Waals surface area contributed by atoms with Crippen molar-refractivity contribution in [2.75, 3.05) is 52.5 Å². The van der Waals surface area contributed by atoms with Crippen molar-refractivity contribution in [1.82, 2.24) is 9.80 Å². The Balaban J connectivity index is 1.34. The van der Waals surface area contributed by atoms with Crippen LogP contribution in [0.2, 0.25) is 0 Å². The lowest BCUT2D eigenvalue weighted by atomic mass is 9.98. The van der Waals surface area contributed by atoms with Crippen molar-refractivity contribution in [1.29, 1.82) is 0 Å². The molecule has 0 spiro atoms. The second-order valence-corrected chi connectivity index (χ2v) is 10.9. The number of benzene rings is 2. The summed E-state index contributed by atoms with van der Waals surface area (Å²) in [6, 6.07) is 12.3. The number of aliphatic hydroxyl groups excluding tert-OH is 2. The molecule has 1 aliphatic rings. The Morgan fingerprint density at radius 3 is 1.33 bits per heavy atom. The summed E-state index contributed by atoms with van der Waals surface area (Å²) in [4.78, 5) is 4.53. The van der Waals surface area contributed by atoms with Gasteiger partial charge >= 0.3 is 0 Å². The molecule has 0 aromatic heterocycles. The maximum Gasteiger partial charge on any atom is 0.119 e. The van der Waals surface area contributed by atoms with Crippen LogP contribution in [0.25, 0.3) is 0 Å². The molecule has 2 atom stereocenters. The van der Waals surface area contributed by atoms with Gasteiger partial charge in [0.15, 0.2) is 0 Å². The standard InChI is InChI=1S/C30H46N2O4/c1-21(2)29-9-7-27(15-23(29)5)35-19-25(33)17-31-11-13-32(14-12-31)18-26(34)20-36-28-8-10-30(22(3)4)24(6)16-28/h7-10,15-16,21-22,25-26,33-34H,11-14,17-20H2,1-6H3/t25-,26-/m1/s1. The van der Waals surface area contributed by atoms with E-state index in [9.17, 15) is 10.2 Å². The van der Waals surface area contributed by atoms with Gasteiger partial charge in [-0.05, 0) is 72.2 Å². The predicted octanol–water partition coefficient (Wildman–Crippen LogP) is 4.35. The van der Waals surface area contributed by atoms with Gasteiger partial charge in [-0.3, -0.25) is 9.80 Å². The summed E-state index contributed by atoms with van der Waals surface area (Å²) in [7, 11) is 0. The Morgan fingerprint density at radius 1 is 0.667 bits per heavy atom. The molecular formula is C30H46N2O4. The van der Waals surface area contributed by atoms with Gasteiger partial charge in [0.1, 0.15) is 36.9 Å². The van der Waals surface area contributed by atoms with E-state index < -0.39 is 12.2 Å². The lowest BCUT2D eigenvalue weighted by Gasteiger charge is -2.36. The van der Waals surface area contributed by atoms with E-state index in [4.69, 9.17) is 9.47 Å². The summed E-state index contributed by atoms with van der Waals surface area (Å²) >= 11 is 0. The Bertz CT molecular complexity index is 876. The second-order valence-electron chi connectivity index (χ2n) is 10.9. The number of hydrogen-bond donors (Lipinski definition) is 2. The van der Waals surface area contributed by atoms with Crippen LogP contribution in [0, 0.1) is 13.8 Å². The lowest BCUT2D eigenvalue weighted by molar-refractivity contribution is 0.0240. The zero-order valence-electron chi connectivity index (χ0n) is 23.0. The van der Waals surface area contributed by atoms with Crippen molar-refractivity contribution in [3.8, 4) is 11.5 Å². The predicted molar refractivity (Wildman–Crippen MR) is 146 cm³/mol. The summed E-state index contributed by atoms with van der Waals surface area (Å²) in [5.74, 6) is 2.59. The van der Waals surface area contributed by atoms with Crippen LogP contribution in [0.1, 0.15) is 61.8 Å². The molecule has 0 bridgehead atoms. The van der Waals surface area contributed by atoms with E-state index in [1.165, 1.54) is 22.3 Å². The van der Waals surface area contributed by atoms with Gasteiger partial charge in [0.05, 0.1) is 0 Å². The molecule has 6 heteroatoms. The average Bonchev–Trinajstić information content (AvgIpc) is 2.82. The normalized spacial score (nSPS) is 16.9. The molecule has 2 N–H and O–H groups in total. The summed E-state index contributed by atoms with van der Waals surface area (Å²) in [5, 5.41) is 21.0. The van der Waals surface area contributed by atoms with E-state index in [1.807, 2.05) is 12.1 Å². The smallest absolute Gasteiger partial charge is 0.119 e. The Hall–Kier alpha value is -2.12. The molecule has 1 aliphatic heterocycles. The molecule has 2 aromatic rings. The van der Waals surface area contributed by atoms with Crippen LogP contribution in [-0.2, 0) is 0 Å². The number of hydrogen-bond acceptors (Lipinski definition) is 6. The molecule has 1 fully saturated rings. The third-order valence-corrected chi connectivity index (χ3v) is 7.01. The molecule has 0 amide bonds. The topological polar surface area (TPSA) is 65.4 Å². The van der Waals surface area contributed by atoms with Gasteiger partial charge in [0.2, 0.25) is 0 Å². The van der Waals surface area contributed by atoms with Crippen molar-refractivity contribution >= 4 is 0 Å². The highest BCUT2D eigenvalue weighted by Crippen LogP contribution is 2.24. The zero-order valence-corrected chi connectivity index (χ0v) is 23.0. The molecule has 1 saturated heterocycles. The maximum atomic E-state index is 10.5. The van der Waals surface area contributed by atoms with E-state index in [1.54, 1.807) is 0 Å². The van der Waals surface area contributed by atoms with Crippen LogP contribution in [0.3, 0.4) is 0 Å². The average molecular weight is 499 g/mol. The van der Waals surface area contributed by atoms with Gasteiger partial charge in [0, 0.05) is 39.3 Å². The van der Waals surface area contributed by atoms with Gasteiger partial charge in [0.25, 0.3) is 0 Å².